The number of fused-ring (bicyclic) bond motifs is 1. The van der Waals surface area contributed by atoms with E-state index >= 15 is 0 Å². The molecule has 0 aromatic heterocycles. The van der Waals surface area contributed by atoms with Gasteiger partial charge in [0.15, 0.2) is 23.0 Å². The summed E-state index contributed by atoms with van der Waals surface area (Å²) in [7, 11) is 4.73. The number of hydrogen-bond acceptors (Lipinski definition) is 6. The fourth-order valence-corrected chi connectivity index (χ4v) is 3.60. The normalized spacial score (nSPS) is 12.3. The standard InChI is InChI=1S/C23H29NO6/c1-5-24(15-17-7-6-8-19-21(17)30-14-13-29-19)20(25)12-10-16-9-11-18(26-2)23(28-4)22(16)27-3/h6-9,11H,5,10,12-15H2,1-4H3. The van der Waals surface area contributed by atoms with Gasteiger partial charge in [-0.15, -0.1) is 0 Å². The SMILES string of the molecule is CCN(Cc1cccc2c1OCCO2)C(=O)CCc1ccc(OC)c(OC)c1OC. The molecule has 2 aromatic carbocycles. The highest BCUT2D eigenvalue weighted by Gasteiger charge is 2.21. The van der Waals surface area contributed by atoms with E-state index in [0.717, 1.165) is 22.6 Å². The molecule has 1 heterocycles. The number of benzene rings is 2. The molecule has 2 aromatic rings. The molecule has 0 N–H and O–H groups in total. The van der Waals surface area contributed by atoms with E-state index in [9.17, 15) is 4.79 Å². The summed E-state index contributed by atoms with van der Waals surface area (Å²) in [5.74, 6) is 3.24. The predicted octanol–water partition coefficient (Wildman–Crippen LogP) is 3.46. The van der Waals surface area contributed by atoms with Crippen molar-refractivity contribution in [1.82, 2.24) is 4.90 Å². The highest BCUT2D eigenvalue weighted by atomic mass is 16.6. The van der Waals surface area contributed by atoms with E-state index in [1.54, 1.807) is 21.3 Å². The van der Waals surface area contributed by atoms with Crippen LogP contribution >= 0.6 is 0 Å². The zero-order valence-corrected chi connectivity index (χ0v) is 18.0. The van der Waals surface area contributed by atoms with E-state index in [1.165, 1.54) is 0 Å². The van der Waals surface area contributed by atoms with Crippen molar-refractivity contribution in [2.45, 2.75) is 26.3 Å². The summed E-state index contributed by atoms with van der Waals surface area (Å²) in [6.07, 6.45) is 0.886. The van der Waals surface area contributed by atoms with E-state index in [-0.39, 0.29) is 5.91 Å². The third-order valence-corrected chi connectivity index (χ3v) is 5.14. The topological polar surface area (TPSA) is 66.5 Å². The minimum atomic E-state index is 0.0590. The number of amides is 1. The molecular weight excluding hydrogens is 386 g/mol. The van der Waals surface area contributed by atoms with Crippen molar-refractivity contribution in [2.75, 3.05) is 41.1 Å². The quantitative estimate of drug-likeness (QED) is 0.625. The lowest BCUT2D eigenvalue weighted by Gasteiger charge is -2.25. The number of rotatable bonds is 9. The van der Waals surface area contributed by atoms with E-state index in [2.05, 4.69) is 0 Å². The van der Waals surface area contributed by atoms with Crippen molar-refractivity contribution in [1.29, 1.82) is 0 Å². The van der Waals surface area contributed by atoms with Crippen LogP contribution in [0.25, 0.3) is 0 Å². The van der Waals surface area contributed by atoms with Crippen molar-refractivity contribution >= 4 is 5.91 Å². The molecule has 0 saturated heterocycles. The highest BCUT2D eigenvalue weighted by Crippen LogP contribution is 2.40. The molecule has 0 aliphatic carbocycles. The second-order valence-electron chi connectivity index (χ2n) is 6.84. The lowest BCUT2D eigenvalue weighted by Crippen LogP contribution is -2.31. The average molecular weight is 415 g/mol. The molecule has 30 heavy (non-hydrogen) atoms. The number of hydrogen-bond donors (Lipinski definition) is 0. The molecule has 0 bridgehead atoms. The number of nitrogens with zero attached hydrogens (tertiary/aromatic N) is 1. The van der Waals surface area contributed by atoms with Gasteiger partial charge in [-0.3, -0.25) is 4.79 Å². The molecule has 7 heteroatoms. The molecule has 0 spiro atoms. The van der Waals surface area contributed by atoms with Crippen LogP contribution in [0.5, 0.6) is 28.7 Å². The van der Waals surface area contributed by atoms with Crippen LogP contribution in [-0.2, 0) is 17.8 Å². The first-order valence-electron chi connectivity index (χ1n) is 10.1. The van der Waals surface area contributed by atoms with Crippen LogP contribution in [0.1, 0.15) is 24.5 Å². The van der Waals surface area contributed by atoms with Crippen molar-refractivity contribution in [3.05, 3.63) is 41.5 Å². The number of para-hydroxylation sites is 1. The van der Waals surface area contributed by atoms with Crippen molar-refractivity contribution < 1.29 is 28.5 Å². The lowest BCUT2D eigenvalue weighted by molar-refractivity contribution is -0.131. The summed E-state index contributed by atoms with van der Waals surface area (Å²) in [4.78, 5) is 14.8. The van der Waals surface area contributed by atoms with Crippen molar-refractivity contribution in [3.8, 4) is 28.7 Å². The van der Waals surface area contributed by atoms with Crippen LogP contribution in [0, 0.1) is 0 Å². The van der Waals surface area contributed by atoms with E-state index in [4.69, 9.17) is 23.7 Å². The minimum absolute atomic E-state index is 0.0590. The predicted molar refractivity (Wildman–Crippen MR) is 113 cm³/mol. The molecule has 1 aliphatic rings. The first-order chi connectivity index (χ1) is 14.6. The largest absolute Gasteiger partial charge is 0.493 e. The summed E-state index contributed by atoms with van der Waals surface area (Å²) < 4.78 is 27.7. The Bertz CT molecular complexity index is 882. The van der Waals surface area contributed by atoms with Gasteiger partial charge in [-0.05, 0) is 31.0 Å². The molecular formula is C23H29NO6. The molecule has 7 nitrogen and oxygen atoms in total. The smallest absolute Gasteiger partial charge is 0.223 e. The number of carbonyl (C=O) groups is 1. The van der Waals surface area contributed by atoms with Crippen molar-refractivity contribution in [3.63, 3.8) is 0 Å². The average Bonchev–Trinajstić information content (AvgIpc) is 2.80. The van der Waals surface area contributed by atoms with Crippen molar-refractivity contribution in [2.24, 2.45) is 0 Å². The Labute approximate surface area is 177 Å². The summed E-state index contributed by atoms with van der Waals surface area (Å²) in [6, 6.07) is 9.52. The summed E-state index contributed by atoms with van der Waals surface area (Å²) in [5, 5.41) is 0. The third kappa shape index (κ3) is 4.56. The Morgan fingerprint density at radius 2 is 1.73 bits per heavy atom. The fraction of sp³-hybridized carbons (Fsp3) is 0.435. The third-order valence-electron chi connectivity index (χ3n) is 5.14. The van der Waals surface area contributed by atoms with Gasteiger partial charge >= 0.3 is 0 Å². The zero-order chi connectivity index (χ0) is 21.5. The Balaban J connectivity index is 1.71. The summed E-state index contributed by atoms with van der Waals surface area (Å²) in [6.45, 7) is 4.11. The molecule has 1 aliphatic heterocycles. The number of methoxy groups -OCH3 is 3. The Morgan fingerprint density at radius 3 is 2.43 bits per heavy atom. The molecule has 0 saturated carbocycles. The van der Waals surface area contributed by atoms with E-state index in [1.807, 2.05) is 42.2 Å². The van der Waals surface area contributed by atoms with Gasteiger partial charge in [0, 0.05) is 25.1 Å². The van der Waals surface area contributed by atoms with E-state index in [0.29, 0.717) is 56.4 Å². The maximum Gasteiger partial charge on any atom is 0.223 e. The van der Waals surface area contributed by atoms with Crippen LogP contribution in [0.3, 0.4) is 0 Å². The number of ether oxygens (including phenoxy) is 5. The van der Waals surface area contributed by atoms with Crippen LogP contribution in [0.4, 0.5) is 0 Å². The van der Waals surface area contributed by atoms with Gasteiger partial charge in [0.25, 0.3) is 0 Å². The van der Waals surface area contributed by atoms with Gasteiger partial charge < -0.3 is 28.6 Å². The number of aryl methyl sites for hydroxylation is 1. The Morgan fingerprint density at radius 1 is 0.967 bits per heavy atom. The molecule has 0 fully saturated rings. The van der Waals surface area contributed by atoms with Crippen LogP contribution < -0.4 is 23.7 Å². The van der Waals surface area contributed by atoms with Crippen LogP contribution in [0.15, 0.2) is 30.3 Å². The first kappa shape index (κ1) is 21.6. The van der Waals surface area contributed by atoms with Gasteiger partial charge in [0.1, 0.15) is 13.2 Å². The maximum absolute atomic E-state index is 13.0. The zero-order valence-electron chi connectivity index (χ0n) is 18.0. The lowest BCUT2D eigenvalue weighted by atomic mass is 10.1. The molecule has 1 amide bonds. The molecule has 0 atom stereocenters. The number of carbonyl (C=O) groups excluding carboxylic acids is 1. The summed E-state index contributed by atoms with van der Waals surface area (Å²) >= 11 is 0. The molecule has 162 valence electrons. The van der Waals surface area contributed by atoms with Gasteiger partial charge in [-0.1, -0.05) is 18.2 Å². The fourth-order valence-electron chi connectivity index (χ4n) is 3.60. The Hall–Kier alpha value is -3.09. The first-order valence-corrected chi connectivity index (χ1v) is 10.1. The van der Waals surface area contributed by atoms with Crippen LogP contribution in [0.2, 0.25) is 0 Å². The maximum atomic E-state index is 13.0. The van der Waals surface area contributed by atoms with Crippen LogP contribution in [-0.4, -0.2) is 51.9 Å². The molecule has 3 rings (SSSR count). The Kier molecular flexibility index (Phi) is 7.27. The van der Waals surface area contributed by atoms with Gasteiger partial charge in [0.05, 0.1) is 21.3 Å². The van der Waals surface area contributed by atoms with Gasteiger partial charge in [-0.2, -0.15) is 0 Å². The summed E-state index contributed by atoms with van der Waals surface area (Å²) in [5.41, 5.74) is 1.85. The van der Waals surface area contributed by atoms with E-state index < -0.39 is 0 Å². The molecule has 0 unspecified atom stereocenters. The van der Waals surface area contributed by atoms with Gasteiger partial charge in [0.2, 0.25) is 11.7 Å². The van der Waals surface area contributed by atoms with Gasteiger partial charge in [-0.25, -0.2) is 0 Å². The monoisotopic (exact) mass is 415 g/mol. The molecule has 0 radical (unpaired) electrons. The highest BCUT2D eigenvalue weighted by molar-refractivity contribution is 5.77. The second kappa shape index (κ2) is 10.1. The minimum Gasteiger partial charge on any atom is -0.493 e. The second-order valence-corrected chi connectivity index (χ2v) is 6.84.